The molecular weight excluding hydrogens is 238 g/mol. The maximum absolute atomic E-state index is 11.8. The van der Waals surface area contributed by atoms with Gasteiger partial charge in [0.05, 0.1) is 5.92 Å². The fraction of sp³-hybridized carbons (Fsp3) is 0.400. The van der Waals surface area contributed by atoms with E-state index in [9.17, 15) is 4.79 Å². The topological polar surface area (TPSA) is 56.9 Å². The number of aromatic nitrogens is 1. The third kappa shape index (κ3) is 2.24. The Kier molecular flexibility index (Phi) is 3.03. The van der Waals surface area contributed by atoms with E-state index < -0.39 is 0 Å². The molecule has 0 spiro atoms. The summed E-state index contributed by atoms with van der Waals surface area (Å²) in [6.45, 7) is 6.42. The summed E-state index contributed by atoms with van der Waals surface area (Å²) in [5.74, 6) is 0.306. The minimum absolute atomic E-state index is 0.153. The van der Waals surface area contributed by atoms with Crippen molar-refractivity contribution in [2.75, 3.05) is 13.1 Å². The molecule has 1 aromatic carbocycles. The van der Waals surface area contributed by atoms with Gasteiger partial charge in [-0.25, -0.2) is 0 Å². The summed E-state index contributed by atoms with van der Waals surface area (Å²) in [5, 5.41) is 7.36. The van der Waals surface area contributed by atoms with Crippen molar-refractivity contribution in [1.29, 1.82) is 0 Å². The first-order chi connectivity index (χ1) is 9.15. The number of fused-ring (bicyclic) bond motifs is 1. The molecule has 3 rings (SSSR count). The Morgan fingerprint density at radius 2 is 2.16 bits per heavy atom. The molecule has 2 heterocycles. The maximum Gasteiger partial charge on any atom is 0.225 e. The summed E-state index contributed by atoms with van der Waals surface area (Å²) < 4.78 is 0. The van der Waals surface area contributed by atoms with Gasteiger partial charge in [-0.2, -0.15) is 0 Å². The van der Waals surface area contributed by atoms with E-state index >= 15 is 0 Å². The monoisotopic (exact) mass is 257 g/mol. The van der Waals surface area contributed by atoms with Crippen LogP contribution in [0.25, 0.3) is 10.9 Å². The van der Waals surface area contributed by atoms with Crippen LogP contribution < -0.4 is 10.6 Å². The van der Waals surface area contributed by atoms with Gasteiger partial charge in [0, 0.05) is 36.2 Å². The number of aryl methyl sites for hydroxylation is 2. The quantitative estimate of drug-likeness (QED) is 0.782. The number of H-pyrrole nitrogens is 1. The molecule has 0 unspecified atom stereocenters. The lowest BCUT2D eigenvalue weighted by Crippen LogP contribution is -2.50. The van der Waals surface area contributed by atoms with Crippen LogP contribution >= 0.6 is 0 Å². The third-order valence-corrected chi connectivity index (χ3v) is 3.99. The number of hydrogen-bond donors (Lipinski definition) is 3. The number of rotatable bonds is 3. The molecule has 0 aliphatic carbocycles. The van der Waals surface area contributed by atoms with Crippen LogP contribution in [-0.2, 0) is 11.3 Å². The highest BCUT2D eigenvalue weighted by Crippen LogP contribution is 2.22. The van der Waals surface area contributed by atoms with Crippen molar-refractivity contribution >= 4 is 16.8 Å². The van der Waals surface area contributed by atoms with E-state index in [0.717, 1.165) is 24.2 Å². The van der Waals surface area contributed by atoms with Crippen molar-refractivity contribution in [3.05, 3.63) is 35.0 Å². The van der Waals surface area contributed by atoms with Crippen molar-refractivity contribution in [3.63, 3.8) is 0 Å². The predicted molar refractivity (Wildman–Crippen MR) is 76.0 cm³/mol. The highest BCUT2D eigenvalue weighted by molar-refractivity contribution is 5.85. The fourth-order valence-corrected chi connectivity index (χ4v) is 2.43. The number of aromatic amines is 1. The largest absolute Gasteiger partial charge is 0.358 e. The van der Waals surface area contributed by atoms with Gasteiger partial charge in [0.15, 0.2) is 0 Å². The molecule has 100 valence electrons. The Balaban J connectivity index is 1.74. The van der Waals surface area contributed by atoms with Gasteiger partial charge in [0.2, 0.25) is 5.91 Å². The van der Waals surface area contributed by atoms with Crippen molar-refractivity contribution in [2.24, 2.45) is 5.92 Å². The van der Waals surface area contributed by atoms with Gasteiger partial charge < -0.3 is 15.6 Å². The number of nitrogens with one attached hydrogen (secondary N) is 3. The maximum atomic E-state index is 11.8. The van der Waals surface area contributed by atoms with Crippen LogP contribution in [0.4, 0.5) is 0 Å². The molecule has 4 nitrogen and oxygen atoms in total. The average molecular weight is 257 g/mol. The molecule has 1 aliphatic heterocycles. The number of carbonyl (C=O) groups excluding carboxylic acids is 1. The van der Waals surface area contributed by atoms with Gasteiger partial charge in [0.25, 0.3) is 0 Å². The summed E-state index contributed by atoms with van der Waals surface area (Å²) in [6, 6.07) is 6.31. The Labute approximate surface area is 112 Å². The highest BCUT2D eigenvalue weighted by atomic mass is 16.2. The second-order valence-corrected chi connectivity index (χ2v) is 5.33. The predicted octanol–water partition coefficient (Wildman–Crippen LogP) is 1.62. The Morgan fingerprint density at radius 1 is 1.37 bits per heavy atom. The van der Waals surface area contributed by atoms with Gasteiger partial charge in [-0.3, -0.25) is 4.79 Å². The first kappa shape index (κ1) is 12.2. The summed E-state index contributed by atoms with van der Waals surface area (Å²) in [5.41, 5.74) is 4.80. The van der Waals surface area contributed by atoms with Crippen LogP contribution in [0.15, 0.2) is 18.2 Å². The molecule has 1 amide bonds. The normalized spacial score (nSPS) is 15.5. The molecule has 0 bridgehead atoms. The molecule has 19 heavy (non-hydrogen) atoms. The second kappa shape index (κ2) is 4.70. The Hall–Kier alpha value is -1.81. The first-order valence-corrected chi connectivity index (χ1v) is 6.71. The van der Waals surface area contributed by atoms with Crippen LogP contribution in [0, 0.1) is 19.8 Å². The van der Waals surface area contributed by atoms with E-state index in [2.05, 4.69) is 47.7 Å². The van der Waals surface area contributed by atoms with E-state index in [0.29, 0.717) is 6.54 Å². The van der Waals surface area contributed by atoms with Crippen LogP contribution in [0.1, 0.15) is 16.8 Å². The van der Waals surface area contributed by atoms with Gasteiger partial charge in [-0.1, -0.05) is 6.07 Å². The molecule has 1 fully saturated rings. The highest BCUT2D eigenvalue weighted by Gasteiger charge is 2.24. The van der Waals surface area contributed by atoms with Crippen LogP contribution in [0.2, 0.25) is 0 Å². The number of hydrogen-bond acceptors (Lipinski definition) is 2. The van der Waals surface area contributed by atoms with Crippen molar-refractivity contribution in [1.82, 2.24) is 15.6 Å². The van der Waals surface area contributed by atoms with Crippen LogP contribution in [-0.4, -0.2) is 24.0 Å². The average Bonchev–Trinajstić information content (AvgIpc) is 2.61. The van der Waals surface area contributed by atoms with Crippen molar-refractivity contribution < 1.29 is 4.79 Å². The standard InChI is InChI=1S/C15H19N3O/c1-9-10(2)18-14-4-3-11(5-13(9)14)6-17-15(19)12-7-16-8-12/h3-5,12,16,18H,6-8H2,1-2H3,(H,17,19). The Morgan fingerprint density at radius 3 is 2.84 bits per heavy atom. The number of carbonyl (C=O) groups is 1. The zero-order chi connectivity index (χ0) is 13.4. The van der Waals surface area contributed by atoms with E-state index in [-0.39, 0.29) is 11.8 Å². The smallest absolute Gasteiger partial charge is 0.225 e. The second-order valence-electron chi connectivity index (χ2n) is 5.33. The summed E-state index contributed by atoms with van der Waals surface area (Å²) in [7, 11) is 0. The fourth-order valence-electron chi connectivity index (χ4n) is 2.43. The molecule has 1 aliphatic rings. The van der Waals surface area contributed by atoms with Crippen molar-refractivity contribution in [3.8, 4) is 0 Å². The molecule has 4 heteroatoms. The zero-order valence-electron chi connectivity index (χ0n) is 11.3. The van der Waals surface area contributed by atoms with E-state index in [4.69, 9.17) is 0 Å². The van der Waals surface area contributed by atoms with Crippen LogP contribution in [0.5, 0.6) is 0 Å². The number of amides is 1. The lowest BCUT2D eigenvalue weighted by Gasteiger charge is -2.25. The molecule has 0 saturated carbocycles. The molecule has 0 atom stereocenters. The van der Waals surface area contributed by atoms with Gasteiger partial charge in [0.1, 0.15) is 0 Å². The molecule has 2 aromatic rings. The first-order valence-electron chi connectivity index (χ1n) is 6.71. The summed E-state index contributed by atoms with van der Waals surface area (Å²) in [4.78, 5) is 15.1. The summed E-state index contributed by atoms with van der Waals surface area (Å²) >= 11 is 0. The molecule has 0 radical (unpaired) electrons. The van der Waals surface area contributed by atoms with Gasteiger partial charge in [-0.15, -0.1) is 0 Å². The molecule has 3 N–H and O–H groups in total. The van der Waals surface area contributed by atoms with Gasteiger partial charge >= 0.3 is 0 Å². The van der Waals surface area contributed by atoms with E-state index in [1.165, 1.54) is 16.6 Å². The minimum Gasteiger partial charge on any atom is -0.358 e. The van der Waals surface area contributed by atoms with E-state index in [1.54, 1.807) is 0 Å². The molecular formula is C15H19N3O. The van der Waals surface area contributed by atoms with Crippen molar-refractivity contribution in [2.45, 2.75) is 20.4 Å². The SMILES string of the molecule is Cc1[nH]c2ccc(CNC(=O)C3CNC3)cc2c1C. The minimum atomic E-state index is 0.153. The summed E-state index contributed by atoms with van der Waals surface area (Å²) in [6.07, 6.45) is 0. The van der Waals surface area contributed by atoms with E-state index in [1.807, 2.05) is 0 Å². The molecule has 1 aromatic heterocycles. The molecule has 1 saturated heterocycles. The van der Waals surface area contributed by atoms with Gasteiger partial charge in [-0.05, 0) is 37.1 Å². The Bertz CT molecular complexity index is 626. The third-order valence-electron chi connectivity index (χ3n) is 3.99. The van der Waals surface area contributed by atoms with Crippen LogP contribution in [0.3, 0.4) is 0 Å². The zero-order valence-corrected chi connectivity index (χ0v) is 11.3. The number of benzene rings is 1. The lowest BCUT2D eigenvalue weighted by atomic mass is 10.0. The lowest BCUT2D eigenvalue weighted by molar-refractivity contribution is -0.126.